The number of hydrogen-bond acceptors (Lipinski definition) is 4. The molecule has 158 valence electrons. The number of methoxy groups -OCH3 is 1. The van der Waals surface area contributed by atoms with E-state index in [1.165, 1.54) is 11.0 Å². The van der Waals surface area contributed by atoms with Gasteiger partial charge in [0.15, 0.2) is 0 Å². The Kier molecular flexibility index (Phi) is 6.95. The zero-order valence-corrected chi connectivity index (χ0v) is 16.9. The van der Waals surface area contributed by atoms with Gasteiger partial charge in [0, 0.05) is 45.2 Å². The summed E-state index contributed by atoms with van der Waals surface area (Å²) in [5.41, 5.74) is -0.279. The molecule has 0 bridgehead atoms. The maximum Gasteiger partial charge on any atom is 0.240 e. The number of ether oxygens (including phenoxy) is 1. The van der Waals surface area contributed by atoms with E-state index in [2.05, 4.69) is 5.32 Å². The van der Waals surface area contributed by atoms with Gasteiger partial charge in [0.1, 0.15) is 5.82 Å². The fourth-order valence-corrected chi connectivity index (χ4v) is 3.79. The predicted molar refractivity (Wildman–Crippen MR) is 109 cm³/mol. The highest BCUT2D eigenvalue weighted by molar-refractivity contribution is 6.10. The molecular weight excluding hydrogens is 387 g/mol. The van der Waals surface area contributed by atoms with Crippen LogP contribution < -0.4 is 5.32 Å². The van der Waals surface area contributed by atoms with Crippen molar-refractivity contribution in [1.82, 2.24) is 10.2 Å². The molecule has 0 radical (unpaired) electrons. The second-order valence-corrected chi connectivity index (χ2v) is 7.37. The lowest BCUT2D eigenvalue weighted by Gasteiger charge is -2.27. The standard InChI is InChI=1S/C23H25FN2O4/c1-30-13-7-12-26-21(28)15-23(22(26)29,18-9-3-2-4-10-18)14-20(27)25-16-17-8-5-6-11-19(17)24/h2-6,8-11H,7,12-16H2,1H3,(H,25,27). The van der Waals surface area contributed by atoms with E-state index in [1.54, 1.807) is 49.6 Å². The van der Waals surface area contributed by atoms with Crippen molar-refractivity contribution in [3.8, 4) is 0 Å². The number of nitrogens with one attached hydrogen (secondary N) is 1. The molecule has 30 heavy (non-hydrogen) atoms. The average molecular weight is 412 g/mol. The van der Waals surface area contributed by atoms with Crippen LogP contribution in [0.1, 0.15) is 30.4 Å². The van der Waals surface area contributed by atoms with Crippen molar-refractivity contribution in [2.24, 2.45) is 0 Å². The van der Waals surface area contributed by atoms with Crippen molar-refractivity contribution in [3.63, 3.8) is 0 Å². The van der Waals surface area contributed by atoms with Crippen molar-refractivity contribution >= 4 is 17.7 Å². The van der Waals surface area contributed by atoms with Crippen LogP contribution in [0.5, 0.6) is 0 Å². The lowest BCUT2D eigenvalue weighted by atomic mass is 9.75. The molecule has 0 saturated carbocycles. The zero-order chi connectivity index (χ0) is 21.6. The first-order valence-electron chi connectivity index (χ1n) is 9.87. The Labute approximate surface area is 175 Å². The summed E-state index contributed by atoms with van der Waals surface area (Å²) in [5.74, 6) is -1.51. The maximum absolute atomic E-state index is 13.8. The van der Waals surface area contributed by atoms with Crippen LogP contribution in [0.25, 0.3) is 0 Å². The molecule has 1 saturated heterocycles. The Hall–Kier alpha value is -3.06. The van der Waals surface area contributed by atoms with E-state index in [-0.39, 0.29) is 37.7 Å². The minimum atomic E-state index is -1.26. The zero-order valence-electron chi connectivity index (χ0n) is 16.9. The van der Waals surface area contributed by atoms with Gasteiger partial charge in [-0.2, -0.15) is 0 Å². The molecule has 1 unspecified atom stereocenters. The molecule has 1 N–H and O–H groups in total. The summed E-state index contributed by atoms with van der Waals surface area (Å²) in [7, 11) is 1.56. The quantitative estimate of drug-likeness (QED) is 0.507. The van der Waals surface area contributed by atoms with E-state index in [0.717, 1.165) is 0 Å². The van der Waals surface area contributed by atoms with Gasteiger partial charge in [-0.15, -0.1) is 0 Å². The van der Waals surface area contributed by atoms with Crippen LogP contribution in [0.15, 0.2) is 54.6 Å². The monoisotopic (exact) mass is 412 g/mol. The number of likely N-dealkylation sites (tertiary alicyclic amines) is 1. The van der Waals surface area contributed by atoms with Crippen LogP contribution in [0.4, 0.5) is 4.39 Å². The fourth-order valence-electron chi connectivity index (χ4n) is 3.79. The van der Waals surface area contributed by atoms with Gasteiger partial charge >= 0.3 is 0 Å². The van der Waals surface area contributed by atoms with Gasteiger partial charge in [-0.05, 0) is 18.1 Å². The molecule has 1 aliphatic heterocycles. The maximum atomic E-state index is 13.8. The summed E-state index contributed by atoms with van der Waals surface area (Å²) in [6, 6.07) is 15.1. The Balaban J connectivity index is 1.80. The highest BCUT2D eigenvalue weighted by Crippen LogP contribution is 2.39. The third-order valence-corrected chi connectivity index (χ3v) is 5.36. The molecule has 3 rings (SSSR count). The lowest BCUT2D eigenvalue weighted by molar-refractivity contribution is -0.141. The molecule has 1 heterocycles. The number of benzene rings is 2. The normalized spacial score (nSPS) is 18.7. The Bertz CT molecular complexity index is 918. The summed E-state index contributed by atoms with van der Waals surface area (Å²) < 4.78 is 18.8. The molecule has 0 spiro atoms. The number of amides is 3. The summed E-state index contributed by atoms with van der Waals surface area (Å²) in [4.78, 5) is 39.9. The van der Waals surface area contributed by atoms with Crippen LogP contribution in [0.3, 0.4) is 0 Å². The molecular formula is C23H25FN2O4. The molecule has 6 nitrogen and oxygen atoms in total. The van der Waals surface area contributed by atoms with Crippen LogP contribution in [0, 0.1) is 5.82 Å². The second kappa shape index (κ2) is 9.63. The molecule has 3 amide bonds. The largest absolute Gasteiger partial charge is 0.385 e. The van der Waals surface area contributed by atoms with E-state index >= 15 is 0 Å². The first-order valence-corrected chi connectivity index (χ1v) is 9.87. The smallest absolute Gasteiger partial charge is 0.240 e. The summed E-state index contributed by atoms with van der Waals surface area (Å²) in [6.45, 7) is 0.686. The molecule has 7 heteroatoms. The van der Waals surface area contributed by atoms with Crippen molar-refractivity contribution in [1.29, 1.82) is 0 Å². The first kappa shape index (κ1) is 21.6. The van der Waals surface area contributed by atoms with Crippen LogP contribution in [0.2, 0.25) is 0 Å². The Morgan fingerprint density at radius 2 is 1.83 bits per heavy atom. The molecule has 2 aromatic carbocycles. The molecule has 1 aliphatic rings. The van der Waals surface area contributed by atoms with Crippen LogP contribution >= 0.6 is 0 Å². The topological polar surface area (TPSA) is 75.7 Å². The van der Waals surface area contributed by atoms with E-state index in [4.69, 9.17) is 4.74 Å². The highest BCUT2D eigenvalue weighted by atomic mass is 19.1. The van der Waals surface area contributed by atoms with E-state index in [9.17, 15) is 18.8 Å². The van der Waals surface area contributed by atoms with E-state index in [0.29, 0.717) is 24.2 Å². The minimum Gasteiger partial charge on any atom is -0.385 e. The highest BCUT2D eigenvalue weighted by Gasteiger charge is 2.53. The summed E-state index contributed by atoms with van der Waals surface area (Å²) in [6.07, 6.45) is 0.269. The minimum absolute atomic E-state index is 0.00999. The molecule has 1 atom stereocenters. The van der Waals surface area contributed by atoms with Gasteiger partial charge < -0.3 is 10.1 Å². The van der Waals surface area contributed by atoms with Gasteiger partial charge in [-0.25, -0.2) is 4.39 Å². The number of carbonyl (C=O) groups excluding carboxylic acids is 3. The number of imide groups is 1. The first-order chi connectivity index (χ1) is 14.5. The number of carbonyl (C=O) groups is 3. The number of nitrogens with zero attached hydrogens (tertiary/aromatic N) is 1. The van der Waals surface area contributed by atoms with Gasteiger partial charge in [-0.1, -0.05) is 48.5 Å². The van der Waals surface area contributed by atoms with Crippen LogP contribution in [-0.4, -0.2) is 42.9 Å². The number of rotatable bonds is 9. The molecule has 0 aliphatic carbocycles. The van der Waals surface area contributed by atoms with Crippen molar-refractivity contribution < 1.29 is 23.5 Å². The lowest BCUT2D eigenvalue weighted by Crippen LogP contribution is -2.42. The van der Waals surface area contributed by atoms with Crippen molar-refractivity contribution in [2.75, 3.05) is 20.3 Å². The predicted octanol–water partition coefficient (Wildman–Crippen LogP) is 2.57. The second-order valence-electron chi connectivity index (χ2n) is 7.37. The molecule has 0 aromatic heterocycles. The fraction of sp³-hybridized carbons (Fsp3) is 0.348. The molecule has 2 aromatic rings. The number of hydrogen-bond donors (Lipinski definition) is 1. The van der Waals surface area contributed by atoms with E-state index in [1.807, 2.05) is 6.07 Å². The van der Waals surface area contributed by atoms with Crippen LogP contribution in [-0.2, 0) is 31.1 Å². The van der Waals surface area contributed by atoms with Gasteiger partial charge in [0.05, 0.1) is 5.41 Å². The van der Waals surface area contributed by atoms with Crippen molar-refractivity contribution in [2.45, 2.75) is 31.2 Å². The summed E-state index contributed by atoms with van der Waals surface area (Å²) >= 11 is 0. The third-order valence-electron chi connectivity index (χ3n) is 5.36. The Morgan fingerprint density at radius 3 is 2.53 bits per heavy atom. The SMILES string of the molecule is COCCCN1C(=O)CC(CC(=O)NCc2ccccc2F)(c2ccccc2)C1=O. The molecule has 1 fully saturated rings. The van der Waals surface area contributed by atoms with Gasteiger partial charge in [-0.3, -0.25) is 19.3 Å². The van der Waals surface area contributed by atoms with E-state index < -0.39 is 17.1 Å². The van der Waals surface area contributed by atoms with Gasteiger partial charge in [0.2, 0.25) is 17.7 Å². The summed E-state index contributed by atoms with van der Waals surface area (Å²) in [5, 5.41) is 2.68. The van der Waals surface area contributed by atoms with Gasteiger partial charge in [0.25, 0.3) is 0 Å². The average Bonchev–Trinajstić information content (AvgIpc) is 2.99. The number of halogens is 1. The third kappa shape index (κ3) is 4.57. The Morgan fingerprint density at radius 1 is 1.13 bits per heavy atom. The van der Waals surface area contributed by atoms with Crippen molar-refractivity contribution in [3.05, 3.63) is 71.5 Å².